The highest BCUT2D eigenvalue weighted by molar-refractivity contribution is 6.06. The Bertz CT molecular complexity index is 674. The van der Waals surface area contributed by atoms with Crippen molar-refractivity contribution in [2.45, 2.75) is 45.1 Å². The summed E-state index contributed by atoms with van der Waals surface area (Å²) in [5, 5.41) is 16.7. The first-order valence-corrected chi connectivity index (χ1v) is 7.29. The molecule has 1 fully saturated rings. The SMILES string of the molecule is Cc1noc2nc(C3CC3)cc(C(=O)NCCC(C)O)c12. The van der Waals surface area contributed by atoms with Gasteiger partial charge in [0, 0.05) is 18.2 Å². The second kappa shape index (κ2) is 5.44. The number of amides is 1. The molecule has 2 N–H and O–H groups in total. The highest BCUT2D eigenvalue weighted by Crippen LogP contribution is 2.40. The number of aryl methyl sites for hydroxylation is 1. The summed E-state index contributed by atoms with van der Waals surface area (Å²) >= 11 is 0. The van der Waals surface area contributed by atoms with Crippen LogP contribution in [-0.4, -0.2) is 33.8 Å². The molecule has 6 heteroatoms. The minimum absolute atomic E-state index is 0.170. The van der Waals surface area contributed by atoms with Gasteiger partial charge in [-0.2, -0.15) is 0 Å². The molecule has 1 amide bonds. The molecule has 1 atom stereocenters. The van der Waals surface area contributed by atoms with Crippen LogP contribution in [0.1, 0.15) is 53.8 Å². The van der Waals surface area contributed by atoms with E-state index in [2.05, 4.69) is 15.5 Å². The van der Waals surface area contributed by atoms with Crippen LogP contribution in [0.25, 0.3) is 11.1 Å². The normalized spacial score (nSPS) is 16.1. The molecular weight excluding hydrogens is 270 g/mol. The van der Waals surface area contributed by atoms with Gasteiger partial charge in [-0.15, -0.1) is 0 Å². The third kappa shape index (κ3) is 2.90. The molecule has 2 aromatic heterocycles. The molecule has 0 radical (unpaired) electrons. The lowest BCUT2D eigenvalue weighted by atomic mass is 10.1. The zero-order valence-corrected chi connectivity index (χ0v) is 12.2. The Morgan fingerprint density at radius 1 is 1.57 bits per heavy atom. The molecule has 6 nitrogen and oxygen atoms in total. The molecule has 112 valence electrons. The Morgan fingerprint density at radius 3 is 3.00 bits per heavy atom. The summed E-state index contributed by atoms with van der Waals surface area (Å²) in [7, 11) is 0. The monoisotopic (exact) mass is 289 g/mol. The predicted molar refractivity (Wildman–Crippen MR) is 77.1 cm³/mol. The van der Waals surface area contributed by atoms with Crippen molar-refractivity contribution in [1.29, 1.82) is 0 Å². The maximum absolute atomic E-state index is 12.4. The zero-order valence-electron chi connectivity index (χ0n) is 12.2. The first kappa shape index (κ1) is 14.0. The molecule has 2 heterocycles. The van der Waals surface area contributed by atoms with E-state index in [-0.39, 0.29) is 5.91 Å². The molecular formula is C15H19N3O3. The van der Waals surface area contributed by atoms with Crippen molar-refractivity contribution in [3.05, 3.63) is 23.0 Å². The second-order valence-electron chi connectivity index (χ2n) is 5.71. The fraction of sp³-hybridized carbons (Fsp3) is 0.533. The molecule has 2 aromatic rings. The van der Waals surface area contributed by atoms with Crippen molar-refractivity contribution in [2.75, 3.05) is 6.54 Å². The van der Waals surface area contributed by atoms with Gasteiger partial charge in [0.25, 0.3) is 11.6 Å². The van der Waals surface area contributed by atoms with Gasteiger partial charge in [0.05, 0.1) is 22.7 Å². The fourth-order valence-electron chi connectivity index (χ4n) is 2.37. The maximum atomic E-state index is 12.4. The lowest BCUT2D eigenvalue weighted by molar-refractivity contribution is 0.0947. The number of aromatic nitrogens is 2. The minimum Gasteiger partial charge on any atom is -0.393 e. The van der Waals surface area contributed by atoms with Crippen LogP contribution in [0.4, 0.5) is 0 Å². The zero-order chi connectivity index (χ0) is 15.0. The van der Waals surface area contributed by atoms with E-state index in [4.69, 9.17) is 4.52 Å². The number of hydrogen-bond donors (Lipinski definition) is 2. The van der Waals surface area contributed by atoms with Crippen LogP contribution in [0.3, 0.4) is 0 Å². The lowest BCUT2D eigenvalue weighted by Crippen LogP contribution is -2.27. The van der Waals surface area contributed by atoms with Gasteiger partial charge in [0.2, 0.25) is 0 Å². The van der Waals surface area contributed by atoms with Gasteiger partial charge in [-0.25, -0.2) is 4.98 Å². The van der Waals surface area contributed by atoms with Crippen LogP contribution in [0, 0.1) is 6.92 Å². The number of hydrogen-bond acceptors (Lipinski definition) is 5. The van der Waals surface area contributed by atoms with Crippen LogP contribution < -0.4 is 5.32 Å². The number of pyridine rings is 1. The van der Waals surface area contributed by atoms with Crippen molar-refractivity contribution < 1.29 is 14.4 Å². The number of fused-ring (bicyclic) bond motifs is 1. The smallest absolute Gasteiger partial charge is 0.259 e. The van der Waals surface area contributed by atoms with Gasteiger partial charge in [0.1, 0.15) is 0 Å². The van der Waals surface area contributed by atoms with E-state index >= 15 is 0 Å². The Labute approximate surface area is 122 Å². The molecule has 3 rings (SSSR count). The average molecular weight is 289 g/mol. The first-order chi connectivity index (χ1) is 10.1. The van der Waals surface area contributed by atoms with Crippen LogP contribution in [0.15, 0.2) is 10.6 Å². The predicted octanol–water partition coefficient (Wildman–Crippen LogP) is 1.91. The molecule has 0 aromatic carbocycles. The maximum Gasteiger partial charge on any atom is 0.259 e. The van der Waals surface area contributed by atoms with Gasteiger partial charge in [-0.3, -0.25) is 4.79 Å². The number of aliphatic hydroxyl groups excluding tert-OH is 1. The molecule has 0 spiro atoms. The summed E-state index contributed by atoms with van der Waals surface area (Å²) in [4.78, 5) is 16.9. The Hall–Kier alpha value is -1.95. The van der Waals surface area contributed by atoms with E-state index in [1.165, 1.54) is 0 Å². The number of carbonyl (C=O) groups is 1. The van der Waals surface area contributed by atoms with Crippen LogP contribution in [0.2, 0.25) is 0 Å². The molecule has 1 aliphatic carbocycles. The lowest BCUT2D eigenvalue weighted by Gasteiger charge is -2.08. The first-order valence-electron chi connectivity index (χ1n) is 7.29. The van der Waals surface area contributed by atoms with Crippen molar-refractivity contribution in [2.24, 2.45) is 0 Å². The number of aliphatic hydroxyl groups is 1. The van der Waals surface area contributed by atoms with Crippen molar-refractivity contribution in [3.63, 3.8) is 0 Å². The molecule has 0 aliphatic heterocycles. The minimum atomic E-state index is -0.429. The largest absolute Gasteiger partial charge is 0.393 e. The molecule has 0 saturated heterocycles. The molecule has 1 saturated carbocycles. The highest BCUT2D eigenvalue weighted by Gasteiger charge is 2.28. The van der Waals surface area contributed by atoms with Crippen LogP contribution >= 0.6 is 0 Å². The van der Waals surface area contributed by atoms with E-state index in [1.54, 1.807) is 13.8 Å². The Kier molecular flexibility index (Phi) is 3.63. The highest BCUT2D eigenvalue weighted by atomic mass is 16.5. The fourth-order valence-corrected chi connectivity index (χ4v) is 2.37. The van der Waals surface area contributed by atoms with Gasteiger partial charge in [0.15, 0.2) is 0 Å². The Morgan fingerprint density at radius 2 is 2.33 bits per heavy atom. The molecule has 1 aliphatic rings. The van der Waals surface area contributed by atoms with E-state index in [1.807, 2.05) is 6.07 Å². The summed E-state index contributed by atoms with van der Waals surface area (Å²) < 4.78 is 5.22. The van der Waals surface area contributed by atoms with E-state index < -0.39 is 6.10 Å². The van der Waals surface area contributed by atoms with E-state index in [9.17, 15) is 9.90 Å². The van der Waals surface area contributed by atoms with Gasteiger partial charge in [-0.05, 0) is 39.2 Å². The molecule has 0 bridgehead atoms. The van der Waals surface area contributed by atoms with Crippen molar-refractivity contribution in [3.8, 4) is 0 Å². The Balaban J connectivity index is 1.91. The number of nitrogens with one attached hydrogen (secondary N) is 1. The molecule has 1 unspecified atom stereocenters. The van der Waals surface area contributed by atoms with Gasteiger partial charge >= 0.3 is 0 Å². The number of carbonyl (C=O) groups excluding carboxylic acids is 1. The average Bonchev–Trinajstić information content (AvgIpc) is 3.22. The van der Waals surface area contributed by atoms with Crippen molar-refractivity contribution in [1.82, 2.24) is 15.5 Å². The quantitative estimate of drug-likeness (QED) is 0.877. The number of rotatable bonds is 5. The summed E-state index contributed by atoms with van der Waals surface area (Å²) in [6.45, 7) is 3.94. The topological polar surface area (TPSA) is 88.2 Å². The van der Waals surface area contributed by atoms with E-state index in [0.29, 0.717) is 41.2 Å². The van der Waals surface area contributed by atoms with Crippen LogP contribution in [-0.2, 0) is 0 Å². The van der Waals surface area contributed by atoms with Gasteiger partial charge in [-0.1, -0.05) is 5.16 Å². The third-order valence-corrected chi connectivity index (χ3v) is 3.72. The summed E-state index contributed by atoms with van der Waals surface area (Å²) in [5.41, 5.74) is 2.56. The van der Waals surface area contributed by atoms with E-state index in [0.717, 1.165) is 18.5 Å². The van der Waals surface area contributed by atoms with Crippen molar-refractivity contribution >= 4 is 17.0 Å². The molecule has 21 heavy (non-hydrogen) atoms. The second-order valence-corrected chi connectivity index (χ2v) is 5.71. The van der Waals surface area contributed by atoms with Gasteiger partial charge < -0.3 is 14.9 Å². The summed E-state index contributed by atoms with van der Waals surface area (Å²) in [5.74, 6) is 0.264. The number of nitrogens with zero attached hydrogens (tertiary/aromatic N) is 2. The third-order valence-electron chi connectivity index (χ3n) is 3.72. The summed E-state index contributed by atoms with van der Waals surface area (Å²) in [6, 6.07) is 1.85. The van der Waals surface area contributed by atoms with Crippen LogP contribution in [0.5, 0.6) is 0 Å². The standard InChI is InChI=1S/C15H19N3O3/c1-8(19)5-6-16-14(20)11-7-12(10-3-4-10)17-15-13(11)9(2)18-21-15/h7-8,10,19H,3-6H2,1-2H3,(H,16,20). The summed E-state index contributed by atoms with van der Waals surface area (Å²) in [6.07, 6.45) is 2.31.